The van der Waals surface area contributed by atoms with Gasteiger partial charge in [-0.3, -0.25) is 4.79 Å². The molecule has 0 aliphatic rings. The summed E-state index contributed by atoms with van der Waals surface area (Å²) < 4.78 is 5.16. The summed E-state index contributed by atoms with van der Waals surface area (Å²) in [4.78, 5) is 12.0. The smallest absolute Gasteiger partial charge is 0.230 e. The van der Waals surface area contributed by atoms with Gasteiger partial charge in [0.1, 0.15) is 5.75 Å². The molecule has 1 aromatic rings. The lowest BCUT2D eigenvalue weighted by Crippen LogP contribution is -2.19. The number of anilines is 1. The Hall–Kier alpha value is -1.36. The summed E-state index contributed by atoms with van der Waals surface area (Å²) in [6.45, 7) is 0. The second-order valence-electron chi connectivity index (χ2n) is 2.87. The van der Waals surface area contributed by atoms with Gasteiger partial charge in [-0.15, -0.1) is 11.8 Å². The van der Waals surface area contributed by atoms with E-state index in [0.29, 0.717) is 17.2 Å². The molecule has 0 heterocycles. The second-order valence-corrected chi connectivity index (χ2v) is 3.89. The Balaban J connectivity index is 2.72. The predicted molar refractivity (Wildman–Crippen MR) is 62.2 cm³/mol. The van der Waals surface area contributed by atoms with Crippen LogP contribution in [0.4, 0.5) is 5.69 Å². The third-order valence-corrected chi connectivity index (χ3v) is 2.88. The van der Waals surface area contributed by atoms with Crippen LogP contribution >= 0.6 is 11.8 Å². The van der Waals surface area contributed by atoms with E-state index in [9.17, 15) is 4.79 Å². The van der Waals surface area contributed by atoms with E-state index in [1.165, 1.54) is 11.8 Å². The van der Waals surface area contributed by atoms with E-state index in [4.69, 9.17) is 10.5 Å². The van der Waals surface area contributed by atoms with Gasteiger partial charge in [0, 0.05) is 23.7 Å². The Bertz CT molecular complexity index is 355. The van der Waals surface area contributed by atoms with Gasteiger partial charge in [0.05, 0.1) is 12.9 Å². The van der Waals surface area contributed by atoms with Gasteiger partial charge in [-0.05, 0) is 12.1 Å². The van der Waals surface area contributed by atoms with Crippen LogP contribution in [0.2, 0.25) is 0 Å². The lowest BCUT2D eigenvalue weighted by molar-refractivity contribution is -0.118. The summed E-state index contributed by atoms with van der Waals surface area (Å²) in [6.07, 6.45) is 0. The van der Waals surface area contributed by atoms with Crippen molar-refractivity contribution in [3.05, 3.63) is 18.2 Å². The second kappa shape index (κ2) is 5.50. The van der Waals surface area contributed by atoms with Crippen molar-refractivity contribution in [2.75, 3.05) is 25.6 Å². The molecule has 82 valence electrons. The highest BCUT2D eigenvalue weighted by atomic mass is 32.2. The zero-order chi connectivity index (χ0) is 11.3. The zero-order valence-electron chi connectivity index (χ0n) is 8.74. The minimum atomic E-state index is -0.0149. The molecule has 0 fully saturated rings. The van der Waals surface area contributed by atoms with Crippen molar-refractivity contribution in [2.45, 2.75) is 4.90 Å². The SMILES string of the molecule is CNC(=O)CSc1ccc(N)cc1OC. The van der Waals surface area contributed by atoms with E-state index in [1.54, 1.807) is 26.3 Å². The van der Waals surface area contributed by atoms with Crippen LogP contribution in [0.25, 0.3) is 0 Å². The van der Waals surface area contributed by atoms with Crippen molar-refractivity contribution in [2.24, 2.45) is 0 Å². The van der Waals surface area contributed by atoms with Crippen LogP contribution in [-0.2, 0) is 4.79 Å². The first-order valence-electron chi connectivity index (χ1n) is 4.44. The first-order valence-corrected chi connectivity index (χ1v) is 5.43. The Morgan fingerprint density at radius 1 is 1.60 bits per heavy atom. The zero-order valence-corrected chi connectivity index (χ0v) is 9.56. The topological polar surface area (TPSA) is 64.4 Å². The lowest BCUT2D eigenvalue weighted by atomic mass is 10.3. The van der Waals surface area contributed by atoms with E-state index >= 15 is 0 Å². The molecular weight excluding hydrogens is 212 g/mol. The van der Waals surface area contributed by atoms with Crippen molar-refractivity contribution < 1.29 is 9.53 Å². The molecule has 0 spiro atoms. The molecule has 1 rings (SSSR count). The highest BCUT2D eigenvalue weighted by Gasteiger charge is 2.06. The van der Waals surface area contributed by atoms with Gasteiger partial charge < -0.3 is 15.8 Å². The van der Waals surface area contributed by atoms with Crippen LogP contribution in [0.5, 0.6) is 5.75 Å². The van der Waals surface area contributed by atoms with Crippen molar-refractivity contribution in [1.82, 2.24) is 5.32 Å². The fraction of sp³-hybridized carbons (Fsp3) is 0.300. The van der Waals surface area contributed by atoms with Crippen LogP contribution in [0.1, 0.15) is 0 Å². The van der Waals surface area contributed by atoms with E-state index in [-0.39, 0.29) is 5.91 Å². The third-order valence-electron chi connectivity index (χ3n) is 1.83. The molecule has 3 N–H and O–H groups in total. The molecule has 0 atom stereocenters. The number of nitrogen functional groups attached to an aromatic ring is 1. The molecule has 0 aromatic heterocycles. The van der Waals surface area contributed by atoms with Crippen LogP contribution in [-0.4, -0.2) is 25.8 Å². The van der Waals surface area contributed by atoms with Crippen molar-refractivity contribution in [3.63, 3.8) is 0 Å². The lowest BCUT2D eigenvalue weighted by Gasteiger charge is -2.08. The summed E-state index contributed by atoms with van der Waals surface area (Å²) in [5, 5.41) is 2.56. The van der Waals surface area contributed by atoms with Crippen molar-refractivity contribution in [3.8, 4) is 5.75 Å². The fourth-order valence-corrected chi connectivity index (χ4v) is 1.90. The summed E-state index contributed by atoms with van der Waals surface area (Å²) in [7, 11) is 3.20. The van der Waals surface area contributed by atoms with Gasteiger partial charge in [-0.1, -0.05) is 0 Å². The molecule has 0 saturated heterocycles. The quantitative estimate of drug-likeness (QED) is 0.596. The van der Waals surface area contributed by atoms with Crippen LogP contribution < -0.4 is 15.8 Å². The summed E-state index contributed by atoms with van der Waals surface area (Å²) in [5.74, 6) is 1.05. The summed E-state index contributed by atoms with van der Waals surface area (Å²) in [6, 6.07) is 5.38. The standard InChI is InChI=1S/C10H14N2O2S/c1-12-10(13)6-15-9-4-3-7(11)5-8(9)14-2/h3-5H,6,11H2,1-2H3,(H,12,13). The van der Waals surface area contributed by atoms with Crippen LogP contribution in [0.3, 0.4) is 0 Å². The van der Waals surface area contributed by atoms with Gasteiger partial charge in [-0.2, -0.15) is 0 Å². The van der Waals surface area contributed by atoms with Gasteiger partial charge in [-0.25, -0.2) is 0 Å². The normalized spacial score (nSPS) is 9.73. The molecule has 1 amide bonds. The van der Waals surface area contributed by atoms with Gasteiger partial charge in [0.15, 0.2) is 0 Å². The number of carbonyl (C=O) groups excluding carboxylic acids is 1. The number of nitrogens with two attached hydrogens (primary N) is 1. The molecule has 5 heteroatoms. The Labute approximate surface area is 93.2 Å². The Morgan fingerprint density at radius 3 is 2.93 bits per heavy atom. The number of amides is 1. The van der Waals surface area contributed by atoms with Crippen molar-refractivity contribution in [1.29, 1.82) is 0 Å². The molecule has 1 aromatic carbocycles. The molecule has 0 aliphatic heterocycles. The maximum absolute atomic E-state index is 11.1. The molecule has 4 nitrogen and oxygen atoms in total. The number of thioether (sulfide) groups is 1. The number of methoxy groups -OCH3 is 1. The fourth-order valence-electron chi connectivity index (χ4n) is 1.02. The van der Waals surface area contributed by atoms with E-state index in [1.807, 2.05) is 6.07 Å². The minimum absolute atomic E-state index is 0.0149. The average molecular weight is 226 g/mol. The monoisotopic (exact) mass is 226 g/mol. The summed E-state index contributed by atoms with van der Waals surface area (Å²) in [5.41, 5.74) is 6.27. The maximum Gasteiger partial charge on any atom is 0.230 e. The van der Waals surface area contributed by atoms with Crippen LogP contribution in [0, 0.1) is 0 Å². The molecular formula is C10H14N2O2S. The van der Waals surface area contributed by atoms with Gasteiger partial charge >= 0.3 is 0 Å². The third kappa shape index (κ3) is 3.36. The average Bonchev–Trinajstić information content (AvgIpc) is 2.26. The number of rotatable bonds is 4. The summed E-state index contributed by atoms with van der Waals surface area (Å²) >= 11 is 1.42. The molecule has 0 aliphatic carbocycles. The van der Waals surface area contributed by atoms with E-state index in [2.05, 4.69) is 5.32 Å². The van der Waals surface area contributed by atoms with E-state index < -0.39 is 0 Å². The van der Waals surface area contributed by atoms with Gasteiger partial charge in [0.2, 0.25) is 5.91 Å². The first-order chi connectivity index (χ1) is 7.17. The number of carbonyl (C=O) groups is 1. The number of hydrogen-bond donors (Lipinski definition) is 2. The van der Waals surface area contributed by atoms with Gasteiger partial charge in [0.25, 0.3) is 0 Å². The highest BCUT2D eigenvalue weighted by Crippen LogP contribution is 2.30. The van der Waals surface area contributed by atoms with Crippen molar-refractivity contribution >= 4 is 23.4 Å². The largest absolute Gasteiger partial charge is 0.496 e. The predicted octanol–water partition coefficient (Wildman–Crippen LogP) is 1.12. The number of nitrogens with one attached hydrogen (secondary N) is 1. The maximum atomic E-state index is 11.1. The molecule has 0 bridgehead atoms. The molecule has 0 unspecified atom stereocenters. The van der Waals surface area contributed by atoms with Crippen LogP contribution in [0.15, 0.2) is 23.1 Å². The first kappa shape index (κ1) is 11.7. The Morgan fingerprint density at radius 2 is 2.33 bits per heavy atom. The number of hydrogen-bond acceptors (Lipinski definition) is 4. The molecule has 0 radical (unpaired) electrons. The number of benzene rings is 1. The minimum Gasteiger partial charge on any atom is -0.496 e. The highest BCUT2D eigenvalue weighted by molar-refractivity contribution is 8.00. The molecule has 0 saturated carbocycles. The number of ether oxygens (including phenoxy) is 1. The Kier molecular flexibility index (Phi) is 4.30. The van der Waals surface area contributed by atoms with E-state index in [0.717, 1.165) is 4.90 Å². The molecule has 15 heavy (non-hydrogen) atoms.